The van der Waals surface area contributed by atoms with Gasteiger partial charge in [-0.15, -0.1) is 0 Å². The van der Waals surface area contributed by atoms with E-state index in [0.717, 1.165) is 12.8 Å². The van der Waals surface area contributed by atoms with E-state index in [1.807, 2.05) is 5.48 Å². The molecular weight excluding hydrogens is 192 g/mol. The van der Waals surface area contributed by atoms with Crippen LogP contribution in [0.1, 0.15) is 32.1 Å². The van der Waals surface area contributed by atoms with E-state index in [2.05, 4.69) is 16.9 Å². The van der Waals surface area contributed by atoms with Gasteiger partial charge in [0.15, 0.2) is 0 Å². The van der Waals surface area contributed by atoms with Crippen molar-refractivity contribution >= 4 is 5.96 Å². The highest BCUT2D eigenvalue weighted by atomic mass is 16.5. The third-order valence-corrected chi connectivity index (χ3v) is 3.75. The molecule has 0 aliphatic carbocycles. The monoisotopic (exact) mass is 212 g/mol. The number of piperidine rings is 2. The molecule has 2 saturated heterocycles. The molecule has 15 heavy (non-hydrogen) atoms. The molecule has 2 rings (SSSR count). The summed E-state index contributed by atoms with van der Waals surface area (Å²) in [6, 6.07) is 1.58. The van der Waals surface area contributed by atoms with Gasteiger partial charge in [0.2, 0.25) is 5.96 Å². The highest BCUT2D eigenvalue weighted by molar-refractivity contribution is 5.76. The minimum Gasteiger partial charge on any atom is -0.368 e. The lowest BCUT2D eigenvalue weighted by molar-refractivity contribution is 0.0571. The maximum absolute atomic E-state index is 8.60. The van der Waals surface area contributed by atoms with Crippen molar-refractivity contribution in [1.82, 2.24) is 10.4 Å². The summed E-state index contributed by atoms with van der Waals surface area (Å²) in [6.07, 6.45) is 6.01. The van der Waals surface area contributed by atoms with Gasteiger partial charge < -0.3 is 10.6 Å². The number of fused-ring (bicyclic) bond motifs is 2. The van der Waals surface area contributed by atoms with Gasteiger partial charge in [0, 0.05) is 12.1 Å². The lowest BCUT2D eigenvalue weighted by atomic mass is 9.82. The molecule has 0 saturated carbocycles. The Morgan fingerprint density at radius 1 is 1.40 bits per heavy atom. The Kier molecular flexibility index (Phi) is 3.11. The summed E-state index contributed by atoms with van der Waals surface area (Å²) in [5.74, 6) is 0.141. The van der Waals surface area contributed by atoms with Crippen molar-refractivity contribution in [2.75, 3.05) is 7.05 Å². The first kappa shape index (κ1) is 10.7. The molecule has 0 amide bonds. The van der Waals surface area contributed by atoms with Gasteiger partial charge in [0.1, 0.15) is 0 Å². The van der Waals surface area contributed by atoms with Gasteiger partial charge in [-0.3, -0.25) is 5.21 Å². The van der Waals surface area contributed by atoms with Crippen LogP contribution < -0.4 is 11.2 Å². The molecule has 0 spiro atoms. The maximum Gasteiger partial charge on any atom is 0.213 e. The molecular formula is C10H20N4O. The summed E-state index contributed by atoms with van der Waals surface area (Å²) in [5, 5.41) is 8.60. The largest absolute Gasteiger partial charge is 0.368 e. The summed E-state index contributed by atoms with van der Waals surface area (Å²) < 4.78 is 0. The van der Waals surface area contributed by atoms with Crippen molar-refractivity contribution in [3.05, 3.63) is 0 Å². The molecule has 0 radical (unpaired) electrons. The van der Waals surface area contributed by atoms with Crippen molar-refractivity contribution in [2.45, 2.75) is 50.2 Å². The van der Waals surface area contributed by atoms with Gasteiger partial charge >= 0.3 is 0 Å². The zero-order valence-electron chi connectivity index (χ0n) is 9.19. The second-order valence-corrected chi connectivity index (χ2v) is 4.66. The quantitative estimate of drug-likeness (QED) is 0.332. The molecule has 0 aromatic carbocycles. The van der Waals surface area contributed by atoms with Gasteiger partial charge in [-0.25, -0.2) is 10.5 Å². The summed E-state index contributed by atoms with van der Waals surface area (Å²) >= 11 is 0. The zero-order chi connectivity index (χ0) is 10.8. The molecule has 4 N–H and O–H groups in total. The normalized spacial score (nSPS) is 37.7. The predicted molar refractivity (Wildman–Crippen MR) is 58.8 cm³/mol. The Labute approximate surface area is 90.3 Å². The first-order chi connectivity index (χ1) is 7.20. The molecule has 0 aromatic rings. The second kappa shape index (κ2) is 4.37. The average Bonchev–Trinajstić information content (AvgIpc) is 2.19. The Balaban J connectivity index is 2.01. The van der Waals surface area contributed by atoms with E-state index in [-0.39, 0.29) is 12.0 Å². The van der Waals surface area contributed by atoms with Gasteiger partial charge in [-0.2, -0.15) is 0 Å². The van der Waals surface area contributed by atoms with Gasteiger partial charge in [-0.05, 0) is 32.7 Å². The van der Waals surface area contributed by atoms with Gasteiger partial charge in [0.05, 0.1) is 6.04 Å². The molecule has 5 nitrogen and oxygen atoms in total. The van der Waals surface area contributed by atoms with Crippen LogP contribution in [0, 0.1) is 0 Å². The van der Waals surface area contributed by atoms with Crippen LogP contribution in [0.4, 0.5) is 0 Å². The summed E-state index contributed by atoms with van der Waals surface area (Å²) in [4.78, 5) is 6.76. The smallest absolute Gasteiger partial charge is 0.213 e. The number of rotatable bonds is 1. The number of guanidine groups is 1. The highest BCUT2D eigenvalue weighted by Crippen LogP contribution is 2.33. The van der Waals surface area contributed by atoms with E-state index in [0.29, 0.717) is 12.1 Å². The van der Waals surface area contributed by atoms with Crippen LogP contribution in [0.15, 0.2) is 4.99 Å². The van der Waals surface area contributed by atoms with Crippen molar-refractivity contribution < 1.29 is 5.21 Å². The standard InChI is InChI=1S/C10H20N4O/c1-14-8-3-2-4-9(14)6-7(5-8)12-10(11)13-15/h7-9,15H,2-6H2,1H3,(H3,11,12,13). The highest BCUT2D eigenvalue weighted by Gasteiger charge is 2.35. The summed E-state index contributed by atoms with van der Waals surface area (Å²) in [5.41, 5.74) is 7.37. The number of nitrogens with two attached hydrogens (primary N) is 1. The van der Waals surface area contributed by atoms with E-state index in [9.17, 15) is 0 Å². The Morgan fingerprint density at radius 2 is 2.00 bits per heavy atom. The minimum absolute atomic E-state index is 0.141. The van der Waals surface area contributed by atoms with Gasteiger partial charge in [-0.1, -0.05) is 6.42 Å². The number of nitrogens with zero attached hydrogens (tertiary/aromatic N) is 2. The Morgan fingerprint density at radius 3 is 2.53 bits per heavy atom. The lowest BCUT2D eigenvalue weighted by Gasteiger charge is -2.46. The van der Waals surface area contributed by atoms with E-state index in [1.54, 1.807) is 0 Å². The fourth-order valence-corrected chi connectivity index (χ4v) is 2.92. The molecule has 2 aliphatic rings. The van der Waals surface area contributed by atoms with Crippen molar-refractivity contribution in [2.24, 2.45) is 10.7 Å². The Bertz CT molecular complexity index is 242. The van der Waals surface area contributed by atoms with E-state index >= 15 is 0 Å². The molecule has 5 heteroatoms. The number of aliphatic imine (C=N–C) groups is 1. The molecule has 2 bridgehead atoms. The van der Waals surface area contributed by atoms with E-state index < -0.39 is 0 Å². The molecule has 0 aromatic heterocycles. The fourth-order valence-electron chi connectivity index (χ4n) is 2.92. The number of hydroxylamine groups is 1. The molecule has 2 fully saturated rings. The molecule has 2 atom stereocenters. The van der Waals surface area contributed by atoms with Crippen LogP contribution in [0.3, 0.4) is 0 Å². The van der Waals surface area contributed by atoms with Crippen LogP contribution in [0.2, 0.25) is 0 Å². The van der Waals surface area contributed by atoms with Gasteiger partial charge in [0.25, 0.3) is 0 Å². The average molecular weight is 212 g/mol. The number of hydrogen-bond acceptors (Lipinski definition) is 3. The number of hydrogen-bond donors (Lipinski definition) is 3. The van der Waals surface area contributed by atoms with Crippen molar-refractivity contribution in [1.29, 1.82) is 0 Å². The van der Waals surface area contributed by atoms with Crippen molar-refractivity contribution in [3.8, 4) is 0 Å². The SMILES string of the molecule is CN1C2CCCC1CC(N=C(N)NO)C2. The summed E-state index contributed by atoms with van der Waals surface area (Å²) in [6.45, 7) is 0. The molecule has 2 aliphatic heterocycles. The third kappa shape index (κ3) is 2.23. The van der Waals surface area contributed by atoms with Crippen LogP contribution in [0.25, 0.3) is 0 Å². The third-order valence-electron chi connectivity index (χ3n) is 3.75. The number of nitrogens with one attached hydrogen (secondary N) is 1. The molecule has 86 valence electrons. The second-order valence-electron chi connectivity index (χ2n) is 4.66. The molecule has 2 heterocycles. The predicted octanol–water partition coefficient (Wildman–Crippen LogP) is 0.295. The maximum atomic E-state index is 8.60. The van der Waals surface area contributed by atoms with Crippen molar-refractivity contribution in [3.63, 3.8) is 0 Å². The topological polar surface area (TPSA) is 73.9 Å². The van der Waals surface area contributed by atoms with Crippen LogP contribution in [-0.2, 0) is 0 Å². The van der Waals surface area contributed by atoms with E-state index in [4.69, 9.17) is 10.9 Å². The first-order valence-corrected chi connectivity index (χ1v) is 5.66. The van der Waals surface area contributed by atoms with Crippen LogP contribution in [0.5, 0.6) is 0 Å². The van der Waals surface area contributed by atoms with Crippen LogP contribution >= 0.6 is 0 Å². The minimum atomic E-state index is 0.141. The van der Waals surface area contributed by atoms with E-state index in [1.165, 1.54) is 19.3 Å². The fraction of sp³-hybridized carbons (Fsp3) is 0.900. The first-order valence-electron chi connectivity index (χ1n) is 5.66. The summed E-state index contributed by atoms with van der Waals surface area (Å²) in [7, 11) is 2.21. The van der Waals surface area contributed by atoms with Crippen LogP contribution in [-0.4, -0.2) is 41.2 Å². The Hall–Kier alpha value is -0.810. The molecule has 2 unspecified atom stereocenters. The lowest BCUT2D eigenvalue weighted by Crippen LogP contribution is -2.51. The zero-order valence-corrected chi connectivity index (χ0v) is 9.19.